The second kappa shape index (κ2) is 6.48. The molecule has 1 saturated carbocycles. The fourth-order valence-electron chi connectivity index (χ4n) is 2.33. The van der Waals surface area contributed by atoms with Crippen LogP contribution in [0.3, 0.4) is 0 Å². The van der Waals surface area contributed by atoms with E-state index < -0.39 is 0 Å². The van der Waals surface area contributed by atoms with E-state index in [9.17, 15) is 4.79 Å². The molecule has 0 bridgehead atoms. The van der Waals surface area contributed by atoms with Crippen molar-refractivity contribution in [2.75, 3.05) is 7.11 Å². The molecule has 112 valence electrons. The summed E-state index contributed by atoms with van der Waals surface area (Å²) in [6.45, 7) is 0. The van der Waals surface area contributed by atoms with Crippen LogP contribution in [0.25, 0.3) is 11.6 Å². The van der Waals surface area contributed by atoms with E-state index in [4.69, 9.17) is 4.74 Å². The van der Waals surface area contributed by atoms with Crippen molar-refractivity contribution in [1.29, 1.82) is 0 Å². The zero-order valence-electron chi connectivity index (χ0n) is 12.6. The molecule has 1 aliphatic rings. The number of amides is 1. The lowest BCUT2D eigenvalue weighted by molar-refractivity contribution is -0.115. The van der Waals surface area contributed by atoms with E-state index in [1.165, 1.54) is 0 Å². The van der Waals surface area contributed by atoms with Gasteiger partial charge in [-0.3, -0.25) is 4.79 Å². The van der Waals surface area contributed by atoms with Gasteiger partial charge in [-0.2, -0.15) is 0 Å². The van der Waals surface area contributed by atoms with E-state index >= 15 is 0 Å². The topological polar surface area (TPSA) is 38.3 Å². The van der Waals surface area contributed by atoms with Gasteiger partial charge in [-0.15, -0.1) is 0 Å². The largest absolute Gasteiger partial charge is 0.496 e. The van der Waals surface area contributed by atoms with Gasteiger partial charge in [-0.25, -0.2) is 0 Å². The molecule has 22 heavy (non-hydrogen) atoms. The van der Waals surface area contributed by atoms with Crippen LogP contribution in [-0.4, -0.2) is 19.1 Å². The van der Waals surface area contributed by atoms with E-state index in [2.05, 4.69) is 5.32 Å². The molecule has 0 aliphatic heterocycles. The van der Waals surface area contributed by atoms with Crippen molar-refractivity contribution < 1.29 is 9.53 Å². The molecule has 1 N–H and O–H groups in total. The molecular formula is C19H19NO2. The summed E-state index contributed by atoms with van der Waals surface area (Å²) in [6, 6.07) is 17.8. The summed E-state index contributed by atoms with van der Waals surface area (Å²) in [5.74, 6) is 0.731. The molecule has 1 amide bonds. The molecule has 0 spiro atoms. The molecule has 1 fully saturated rings. The number of hydrogen-bond acceptors (Lipinski definition) is 2. The van der Waals surface area contributed by atoms with E-state index in [1.54, 1.807) is 7.11 Å². The third-order valence-corrected chi connectivity index (χ3v) is 3.68. The number of carbonyl (C=O) groups is 1. The minimum atomic E-state index is -0.0281. The van der Waals surface area contributed by atoms with Gasteiger partial charge in [0.25, 0.3) is 5.91 Å². The number of para-hydroxylation sites is 1. The molecule has 0 radical (unpaired) electrons. The number of methoxy groups -OCH3 is 1. The number of rotatable bonds is 5. The number of hydrogen-bond donors (Lipinski definition) is 1. The second-order valence-corrected chi connectivity index (χ2v) is 5.41. The summed E-state index contributed by atoms with van der Waals surface area (Å²) in [5.41, 5.74) is 2.47. The molecule has 3 nitrogen and oxygen atoms in total. The third kappa shape index (κ3) is 3.37. The zero-order chi connectivity index (χ0) is 15.4. The lowest BCUT2D eigenvalue weighted by atomic mass is 10.0. The fourth-order valence-corrected chi connectivity index (χ4v) is 2.33. The van der Waals surface area contributed by atoms with Crippen LogP contribution in [-0.2, 0) is 4.79 Å². The Morgan fingerprint density at radius 1 is 1.09 bits per heavy atom. The lowest BCUT2D eigenvalue weighted by Crippen LogP contribution is -2.26. The molecule has 0 atom stereocenters. The fraction of sp³-hybridized carbons (Fsp3) is 0.211. The van der Waals surface area contributed by atoms with Gasteiger partial charge in [-0.05, 0) is 30.5 Å². The molecule has 0 saturated heterocycles. The first-order valence-electron chi connectivity index (χ1n) is 7.49. The van der Waals surface area contributed by atoms with Gasteiger partial charge in [0.05, 0.1) is 7.11 Å². The molecule has 0 heterocycles. The van der Waals surface area contributed by atoms with Gasteiger partial charge in [0.2, 0.25) is 0 Å². The summed E-state index contributed by atoms with van der Waals surface area (Å²) in [7, 11) is 1.64. The number of ether oxygens (including phenoxy) is 1. The quantitative estimate of drug-likeness (QED) is 0.676. The molecule has 0 aromatic heterocycles. The SMILES string of the molecule is COc1ccccc1/C=C(/C(=O)NC1CC1)c1ccccc1. The summed E-state index contributed by atoms with van der Waals surface area (Å²) >= 11 is 0. The maximum absolute atomic E-state index is 12.6. The third-order valence-electron chi connectivity index (χ3n) is 3.68. The monoisotopic (exact) mass is 293 g/mol. The molecule has 2 aromatic carbocycles. The first-order chi connectivity index (χ1) is 10.8. The average Bonchev–Trinajstić information content (AvgIpc) is 3.37. The molecule has 0 unspecified atom stereocenters. The van der Waals surface area contributed by atoms with Crippen LogP contribution in [0.1, 0.15) is 24.0 Å². The predicted molar refractivity (Wildman–Crippen MR) is 88.5 cm³/mol. The Balaban J connectivity index is 2.00. The molecule has 2 aromatic rings. The van der Waals surface area contributed by atoms with Crippen molar-refractivity contribution in [2.24, 2.45) is 0 Å². The minimum absolute atomic E-state index is 0.0281. The zero-order valence-corrected chi connectivity index (χ0v) is 12.6. The van der Waals surface area contributed by atoms with Gasteiger partial charge < -0.3 is 10.1 Å². The smallest absolute Gasteiger partial charge is 0.252 e. The van der Waals surface area contributed by atoms with E-state index in [0.717, 1.165) is 29.7 Å². The molecule has 3 rings (SSSR count). The van der Waals surface area contributed by atoms with Crippen LogP contribution in [0, 0.1) is 0 Å². The summed E-state index contributed by atoms with van der Waals surface area (Å²) in [5, 5.41) is 3.06. The summed E-state index contributed by atoms with van der Waals surface area (Å²) in [6.07, 6.45) is 4.04. The van der Waals surface area contributed by atoms with E-state index in [-0.39, 0.29) is 5.91 Å². The Morgan fingerprint density at radius 2 is 1.77 bits per heavy atom. The van der Waals surface area contributed by atoms with Crippen molar-refractivity contribution >= 4 is 17.6 Å². The highest BCUT2D eigenvalue weighted by molar-refractivity contribution is 6.24. The van der Waals surface area contributed by atoms with Crippen LogP contribution >= 0.6 is 0 Å². The first kappa shape index (κ1) is 14.4. The van der Waals surface area contributed by atoms with E-state index in [0.29, 0.717) is 11.6 Å². The molecule has 3 heteroatoms. The Morgan fingerprint density at radius 3 is 2.45 bits per heavy atom. The highest BCUT2D eigenvalue weighted by atomic mass is 16.5. The van der Waals surface area contributed by atoms with Gasteiger partial charge in [-0.1, -0.05) is 48.5 Å². The summed E-state index contributed by atoms with van der Waals surface area (Å²) < 4.78 is 5.38. The Bertz CT molecular complexity index is 688. The van der Waals surface area contributed by atoms with Crippen molar-refractivity contribution in [3.8, 4) is 5.75 Å². The number of benzene rings is 2. The van der Waals surface area contributed by atoms with Crippen LogP contribution in [0.4, 0.5) is 0 Å². The Labute approximate surface area is 130 Å². The Hall–Kier alpha value is -2.55. The standard InChI is InChI=1S/C19H19NO2/c1-22-18-10-6-5-9-15(18)13-17(14-7-3-2-4-8-14)19(21)20-16-11-12-16/h2-10,13,16H,11-12H2,1H3,(H,20,21)/b17-13+. The predicted octanol–water partition coefficient (Wildman–Crippen LogP) is 3.51. The molecule has 1 aliphatic carbocycles. The van der Waals surface area contributed by atoms with Gasteiger partial charge in [0.1, 0.15) is 5.75 Å². The minimum Gasteiger partial charge on any atom is -0.496 e. The first-order valence-corrected chi connectivity index (χ1v) is 7.49. The van der Waals surface area contributed by atoms with Crippen molar-refractivity contribution in [3.05, 3.63) is 65.7 Å². The highest BCUT2D eigenvalue weighted by Crippen LogP contribution is 2.26. The average molecular weight is 293 g/mol. The van der Waals surface area contributed by atoms with Crippen LogP contribution < -0.4 is 10.1 Å². The van der Waals surface area contributed by atoms with Gasteiger partial charge in [0, 0.05) is 17.2 Å². The Kier molecular flexibility index (Phi) is 4.24. The maximum atomic E-state index is 12.6. The normalized spacial score (nSPS) is 14.5. The number of carbonyl (C=O) groups excluding carboxylic acids is 1. The number of nitrogens with one attached hydrogen (secondary N) is 1. The van der Waals surface area contributed by atoms with Gasteiger partial charge >= 0.3 is 0 Å². The van der Waals surface area contributed by atoms with Crippen molar-refractivity contribution in [3.63, 3.8) is 0 Å². The lowest BCUT2D eigenvalue weighted by Gasteiger charge is -2.10. The van der Waals surface area contributed by atoms with Gasteiger partial charge in [0.15, 0.2) is 0 Å². The molecular weight excluding hydrogens is 274 g/mol. The van der Waals surface area contributed by atoms with Crippen molar-refractivity contribution in [1.82, 2.24) is 5.32 Å². The summed E-state index contributed by atoms with van der Waals surface area (Å²) in [4.78, 5) is 12.6. The maximum Gasteiger partial charge on any atom is 0.252 e. The van der Waals surface area contributed by atoms with E-state index in [1.807, 2.05) is 60.7 Å². The van der Waals surface area contributed by atoms with Crippen LogP contribution in [0.15, 0.2) is 54.6 Å². The van der Waals surface area contributed by atoms with Crippen molar-refractivity contribution in [2.45, 2.75) is 18.9 Å². The van der Waals surface area contributed by atoms with Crippen LogP contribution in [0.2, 0.25) is 0 Å². The second-order valence-electron chi connectivity index (χ2n) is 5.41. The highest BCUT2D eigenvalue weighted by Gasteiger charge is 2.25. The van der Waals surface area contributed by atoms with Crippen LogP contribution in [0.5, 0.6) is 5.75 Å².